The minimum atomic E-state index is -0.480. The predicted molar refractivity (Wildman–Crippen MR) is 77.4 cm³/mol. The van der Waals surface area contributed by atoms with Crippen molar-refractivity contribution in [2.24, 2.45) is 0 Å². The van der Waals surface area contributed by atoms with Gasteiger partial charge in [0.1, 0.15) is 6.04 Å². The lowest BCUT2D eigenvalue weighted by molar-refractivity contribution is -0.135. The summed E-state index contributed by atoms with van der Waals surface area (Å²) in [7, 11) is 1.73. The first-order valence-electron chi connectivity index (χ1n) is 7.41. The summed E-state index contributed by atoms with van der Waals surface area (Å²) >= 11 is 0. The molecule has 1 fully saturated rings. The number of hydrogen-bond donors (Lipinski definition) is 2. The number of carbonyl (C=O) groups excluding carboxylic acids is 2. The number of ether oxygens (including phenoxy) is 1. The first-order valence-corrected chi connectivity index (χ1v) is 7.41. The normalized spacial score (nSPS) is 17.6. The third-order valence-electron chi connectivity index (χ3n) is 3.57. The molecule has 2 amide bonds. The molecule has 0 saturated carbocycles. The van der Waals surface area contributed by atoms with Gasteiger partial charge in [0, 0.05) is 20.0 Å². The molecule has 1 aliphatic heterocycles. The number of piperidine rings is 1. The van der Waals surface area contributed by atoms with E-state index in [9.17, 15) is 9.59 Å². The zero-order valence-corrected chi connectivity index (χ0v) is 12.8. The molecule has 116 valence electrons. The minimum Gasteiger partial charge on any atom is -0.378 e. The lowest BCUT2D eigenvalue weighted by atomic mass is 10.1. The van der Waals surface area contributed by atoms with Gasteiger partial charge in [-0.2, -0.15) is 0 Å². The number of hydrogen-bond acceptors (Lipinski definition) is 4. The van der Waals surface area contributed by atoms with Crippen LogP contribution in [-0.2, 0) is 14.3 Å². The zero-order valence-electron chi connectivity index (χ0n) is 12.8. The summed E-state index contributed by atoms with van der Waals surface area (Å²) in [6.45, 7) is 6.62. The summed E-state index contributed by atoms with van der Waals surface area (Å²) in [5, 5.41) is 5.98. The average molecular weight is 285 g/mol. The summed E-state index contributed by atoms with van der Waals surface area (Å²) in [5.74, 6) is -0.204. The van der Waals surface area contributed by atoms with Gasteiger partial charge in [-0.15, -0.1) is 0 Å². The fraction of sp³-hybridized carbons (Fsp3) is 0.857. The van der Waals surface area contributed by atoms with Gasteiger partial charge in [-0.1, -0.05) is 0 Å². The van der Waals surface area contributed by atoms with Crippen LogP contribution in [-0.4, -0.2) is 62.1 Å². The van der Waals surface area contributed by atoms with Crippen molar-refractivity contribution in [2.75, 3.05) is 33.3 Å². The fourth-order valence-corrected chi connectivity index (χ4v) is 2.14. The van der Waals surface area contributed by atoms with E-state index < -0.39 is 6.04 Å². The SMILES string of the molecule is CCN(C)C(=O)C(C)NC(=O)CCOC1CCNCC1. The molecule has 1 heterocycles. The van der Waals surface area contributed by atoms with Crippen LogP contribution in [0.5, 0.6) is 0 Å². The van der Waals surface area contributed by atoms with Gasteiger partial charge < -0.3 is 20.3 Å². The molecule has 20 heavy (non-hydrogen) atoms. The maximum atomic E-state index is 11.8. The second-order valence-corrected chi connectivity index (χ2v) is 5.21. The van der Waals surface area contributed by atoms with Crippen molar-refractivity contribution in [3.63, 3.8) is 0 Å². The fourth-order valence-electron chi connectivity index (χ4n) is 2.14. The largest absolute Gasteiger partial charge is 0.378 e. The molecule has 1 saturated heterocycles. The highest BCUT2D eigenvalue weighted by molar-refractivity contribution is 5.87. The van der Waals surface area contributed by atoms with Crippen LogP contribution in [0, 0.1) is 0 Å². The molecule has 1 rings (SSSR count). The molecule has 1 unspecified atom stereocenters. The van der Waals surface area contributed by atoms with Crippen molar-refractivity contribution >= 4 is 11.8 Å². The Labute approximate surface area is 121 Å². The van der Waals surface area contributed by atoms with Crippen molar-refractivity contribution in [3.05, 3.63) is 0 Å². The van der Waals surface area contributed by atoms with Crippen molar-refractivity contribution in [1.82, 2.24) is 15.5 Å². The summed E-state index contributed by atoms with van der Waals surface area (Å²) in [6.07, 6.45) is 2.56. The zero-order chi connectivity index (χ0) is 15.0. The number of carbonyl (C=O) groups is 2. The molecular formula is C14H27N3O3. The van der Waals surface area contributed by atoms with Gasteiger partial charge >= 0.3 is 0 Å². The highest BCUT2D eigenvalue weighted by atomic mass is 16.5. The highest BCUT2D eigenvalue weighted by Crippen LogP contribution is 2.07. The Balaban J connectivity index is 2.17. The lowest BCUT2D eigenvalue weighted by Crippen LogP contribution is -2.45. The summed E-state index contributed by atoms with van der Waals surface area (Å²) < 4.78 is 5.67. The van der Waals surface area contributed by atoms with E-state index in [0.29, 0.717) is 19.6 Å². The van der Waals surface area contributed by atoms with Gasteiger partial charge in [0.2, 0.25) is 11.8 Å². The number of nitrogens with one attached hydrogen (secondary N) is 2. The lowest BCUT2D eigenvalue weighted by Gasteiger charge is -2.23. The van der Waals surface area contributed by atoms with Crippen LogP contribution in [0.25, 0.3) is 0 Å². The number of rotatable bonds is 7. The second-order valence-electron chi connectivity index (χ2n) is 5.21. The molecule has 6 nitrogen and oxygen atoms in total. The Morgan fingerprint density at radius 3 is 2.65 bits per heavy atom. The van der Waals surface area contributed by atoms with Crippen molar-refractivity contribution < 1.29 is 14.3 Å². The molecular weight excluding hydrogens is 258 g/mol. The molecule has 1 atom stereocenters. The molecule has 0 bridgehead atoms. The summed E-state index contributed by atoms with van der Waals surface area (Å²) in [4.78, 5) is 25.1. The van der Waals surface area contributed by atoms with Crippen molar-refractivity contribution in [1.29, 1.82) is 0 Å². The quantitative estimate of drug-likeness (QED) is 0.697. The summed E-state index contributed by atoms with van der Waals surface area (Å²) in [5.41, 5.74) is 0. The Morgan fingerprint density at radius 2 is 2.05 bits per heavy atom. The Morgan fingerprint density at radius 1 is 1.40 bits per heavy atom. The van der Waals surface area contributed by atoms with Crippen LogP contribution in [0.2, 0.25) is 0 Å². The van der Waals surface area contributed by atoms with Crippen LogP contribution in [0.3, 0.4) is 0 Å². The molecule has 0 aromatic rings. The molecule has 0 aliphatic carbocycles. The number of likely N-dealkylation sites (N-methyl/N-ethyl adjacent to an activating group) is 1. The molecule has 0 aromatic carbocycles. The average Bonchev–Trinajstić information content (AvgIpc) is 2.46. The Kier molecular flexibility index (Phi) is 7.54. The number of nitrogens with zero attached hydrogens (tertiary/aromatic N) is 1. The molecule has 2 N–H and O–H groups in total. The molecule has 1 aliphatic rings. The van der Waals surface area contributed by atoms with E-state index in [-0.39, 0.29) is 17.9 Å². The first kappa shape index (κ1) is 16.9. The Hall–Kier alpha value is -1.14. The van der Waals surface area contributed by atoms with Gasteiger partial charge in [0.15, 0.2) is 0 Å². The van der Waals surface area contributed by atoms with E-state index in [4.69, 9.17) is 4.74 Å². The highest BCUT2D eigenvalue weighted by Gasteiger charge is 2.19. The standard InChI is InChI=1S/C14H27N3O3/c1-4-17(3)14(19)11(2)16-13(18)7-10-20-12-5-8-15-9-6-12/h11-12,15H,4-10H2,1-3H3,(H,16,18). The topological polar surface area (TPSA) is 70.7 Å². The third kappa shape index (κ3) is 5.88. The maximum Gasteiger partial charge on any atom is 0.244 e. The van der Waals surface area contributed by atoms with E-state index in [2.05, 4.69) is 10.6 Å². The van der Waals surface area contributed by atoms with E-state index in [1.165, 1.54) is 0 Å². The van der Waals surface area contributed by atoms with Gasteiger partial charge in [-0.3, -0.25) is 9.59 Å². The van der Waals surface area contributed by atoms with Crippen LogP contribution in [0.4, 0.5) is 0 Å². The van der Waals surface area contributed by atoms with Crippen molar-refractivity contribution in [2.45, 2.75) is 45.3 Å². The van der Waals surface area contributed by atoms with Crippen molar-refractivity contribution in [3.8, 4) is 0 Å². The molecule has 0 spiro atoms. The molecule has 0 radical (unpaired) electrons. The minimum absolute atomic E-state index is 0.0693. The van der Waals surface area contributed by atoms with E-state index in [0.717, 1.165) is 25.9 Å². The van der Waals surface area contributed by atoms with Crippen LogP contribution in [0.1, 0.15) is 33.1 Å². The molecule has 6 heteroatoms. The second kappa shape index (κ2) is 8.92. The predicted octanol–water partition coefficient (Wildman–Crippen LogP) is 0.128. The van der Waals surface area contributed by atoms with Gasteiger partial charge in [-0.05, 0) is 39.8 Å². The van der Waals surface area contributed by atoms with Crippen LogP contribution in [0.15, 0.2) is 0 Å². The maximum absolute atomic E-state index is 11.8. The first-order chi connectivity index (χ1) is 9.54. The van der Waals surface area contributed by atoms with E-state index in [1.807, 2.05) is 6.92 Å². The van der Waals surface area contributed by atoms with E-state index >= 15 is 0 Å². The Bertz CT molecular complexity index is 317. The van der Waals surface area contributed by atoms with E-state index in [1.54, 1.807) is 18.9 Å². The molecule has 0 aromatic heterocycles. The third-order valence-corrected chi connectivity index (χ3v) is 3.57. The smallest absolute Gasteiger partial charge is 0.244 e. The van der Waals surface area contributed by atoms with Crippen LogP contribution < -0.4 is 10.6 Å². The number of amides is 2. The van der Waals surface area contributed by atoms with Gasteiger partial charge in [-0.25, -0.2) is 0 Å². The van der Waals surface area contributed by atoms with Crippen LogP contribution >= 0.6 is 0 Å². The monoisotopic (exact) mass is 285 g/mol. The van der Waals surface area contributed by atoms with Gasteiger partial charge in [0.05, 0.1) is 12.7 Å². The summed E-state index contributed by atoms with van der Waals surface area (Å²) in [6, 6.07) is -0.480. The van der Waals surface area contributed by atoms with Gasteiger partial charge in [0.25, 0.3) is 0 Å².